The van der Waals surface area contributed by atoms with Crippen LogP contribution in [0.4, 0.5) is 35.0 Å². The molecule has 0 radical (unpaired) electrons. The molecule has 1 N–H and O–H groups in total. The fourth-order valence-corrected chi connectivity index (χ4v) is 7.37. The number of ether oxygens (including phenoxy) is 1. The van der Waals surface area contributed by atoms with Crippen LogP contribution in [0.25, 0.3) is 0 Å². The number of piperidine rings is 2. The second-order valence-corrected chi connectivity index (χ2v) is 12.4. The van der Waals surface area contributed by atoms with Gasteiger partial charge in [-0.1, -0.05) is 13.8 Å². The predicted octanol–water partition coefficient (Wildman–Crippen LogP) is 6.76. The highest BCUT2D eigenvalue weighted by Crippen LogP contribution is 2.48. The number of alkyl halides is 3. The Morgan fingerprint density at radius 2 is 1.24 bits per heavy atom. The topological polar surface area (TPSA) is 90.9 Å². The first-order chi connectivity index (χ1) is 22.1. The summed E-state index contributed by atoms with van der Waals surface area (Å²) in [5, 5.41) is 3.12. The molecule has 2 aromatic heterocycles. The second kappa shape index (κ2) is 12.8. The molecule has 3 aliphatic heterocycles. The number of benzene rings is 1. The minimum atomic E-state index is -4.87. The number of aromatic nitrogens is 2. The molecule has 9 nitrogen and oxygen atoms in total. The van der Waals surface area contributed by atoms with Crippen LogP contribution in [0.15, 0.2) is 61.2 Å². The van der Waals surface area contributed by atoms with Crippen LogP contribution in [0.3, 0.4) is 0 Å². The van der Waals surface area contributed by atoms with Gasteiger partial charge >= 0.3 is 12.4 Å². The minimum absolute atomic E-state index is 0.148. The first-order valence-electron chi connectivity index (χ1n) is 16.0. The van der Waals surface area contributed by atoms with Crippen molar-refractivity contribution in [3.63, 3.8) is 0 Å². The fourth-order valence-electron chi connectivity index (χ4n) is 7.37. The lowest BCUT2D eigenvalue weighted by atomic mass is 9.69. The Labute approximate surface area is 266 Å². The van der Waals surface area contributed by atoms with Crippen molar-refractivity contribution in [2.75, 3.05) is 40.9 Å². The maximum Gasteiger partial charge on any atom is 0.573 e. The van der Waals surface area contributed by atoms with E-state index in [1.54, 1.807) is 12.4 Å². The predicted molar refractivity (Wildman–Crippen MR) is 169 cm³/mol. The molecular formula is C34H39F3N6O3. The molecule has 0 spiro atoms. The van der Waals surface area contributed by atoms with Gasteiger partial charge in [-0.2, -0.15) is 0 Å². The third-order valence-corrected chi connectivity index (χ3v) is 9.76. The zero-order chi connectivity index (χ0) is 32.5. The summed E-state index contributed by atoms with van der Waals surface area (Å²) in [7, 11) is 0. The summed E-state index contributed by atoms with van der Waals surface area (Å²) in [6.45, 7) is 7.41. The summed E-state index contributed by atoms with van der Waals surface area (Å²) < 4.78 is 42.5. The Hall–Kier alpha value is -4.35. The second-order valence-electron chi connectivity index (χ2n) is 12.4. The summed E-state index contributed by atoms with van der Waals surface area (Å²) in [5.41, 5.74) is 2.34. The number of hydrogen-bond acceptors (Lipinski definition) is 7. The molecule has 0 aliphatic carbocycles. The Morgan fingerprint density at radius 1 is 0.761 bits per heavy atom. The van der Waals surface area contributed by atoms with E-state index in [-0.39, 0.29) is 5.69 Å². The number of pyridine rings is 2. The van der Waals surface area contributed by atoms with Crippen LogP contribution < -0.4 is 24.8 Å². The largest absolute Gasteiger partial charge is 0.573 e. The van der Waals surface area contributed by atoms with E-state index in [1.165, 1.54) is 12.1 Å². The van der Waals surface area contributed by atoms with Crippen LogP contribution >= 0.6 is 0 Å². The van der Waals surface area contributed by atoms with Crippen LogP contribution in [0.1, 0.15) is 75.3 Å². The monoisotopic (exact) mass is 636 g/mol. The molecule has 2 unspecified atom stereocenters. The molecule has 1 aromatic carbocycles. The zero-order valence-corrected chi connectivity index (χ0v) is 26.1. The van der Waals surface area contributed by atoms with Crippen molar-refractivity contribution in [3.05, 3.63) is 72.3 Å². The highest BCUT2D eigenvalue weighted by atomic mass is 19.4. The summed E-state index contributed by atoms with van der Waals surface area (Å²) in [6, 6.07) is 7.99. The van der Waals surface area contributed by atoms with Gasteiger partial charge in [-0.25, -0.2) is 9.69 Å². The third kappa shape index (κ3) is 5.96. The molecule has 0 bridgehead atoms. The van der Waals surface area contributed by atoms with E-state index in [1.807, 2.05) is 38.4 Å². The average molecular weight is 637 g/mol. The number of carbonyl (C=O) groups excluding carboxylic acids is 2. The summed E-state index contributed by atoms with van der Waals surface area (Å²) in [4.78, 5) is 43.3. The normalized spacial score (nSPS) is 22.1. The number of amides is 3. The van der Waals surface area contributed by atoms with E-state index >= 15 is 0 Å². The van der Waals surface area contributed by atoms with Crippen LogP contribution in [0.5, 0.6) is 5.75 Å². The molecule has 3 saturated heterocycles. The summed E-state index contributed by atoms with van der Waals surface area (Å²) in [6.07, 6.45) is 8.74. The van der Waals surface area contributed by atoms with Crippen LogP contribution in [0, 0.1) is 0 Å². The maximum atomic E-state index is 14.9. The molecular weight excluding hydrogens is 597 g/mol. The molecule has 3 aromatic rings. The van der Waals surface area contributed by atoms with Crippen molar-refractivity contribution in [1.82, 2.24) is 15.3 Å². The number of rotatable bonds is 8. The Balaban J connectivity index is 1.45. The molecule has 0 saturated carbocycles. The van der Waals surface area contributed by atoms with Crippen molar-refractivity contribution in [3.8, 4) is 5.75 Å². The van der Waals surface area contributed by atoms with E-state index < -0.39 is 41.4 Å². The lowest BCUT2D eigenvalue weighted by Crippen LogP contribution is -2.55. The Bertz CT molecular complexity index is 1490. The van der Waals surface area contributed by atoms with Crippen LogP contribution in [0.2, 0.25) is 0 Å². The van der Waals surface area contributed by atoms with Crippen molar-refractivity contribution >= 4 is 29.0 Å². The number of hydrogen-bond donors (Lipinski definition) is 1. The van der Waals surface area contributed by atoms with E-state index in [9.17, 15) is 22.8 Å². The standard InChI is InChI=1S/C34H39F3N6O3/c1-23(27-13-15-38-21-29(27)41-17-5-3-6-18-41)33(24(2)28-14-16-39-22-30(28)42-19-7-4-8-20-42)31(44)43(32(45)40-33)25-9-11-26(12-10-25)46-34(35,36)37/h9-16,21-24H,3-8,17-20H2,1-2H3,(H,40,45). The molecule has 6 rings (SSSR count). The molecule has 12 heteroatoms. The first kappa shape index (κ1) is 31.6. The number of urea groups is 1. The van der Waals surface area contributed by atoms with Crippen LogP contribution in [-0.2, 0) is 4.79 Å². The van der Waals surface area contributed by atoms with Crippen molar-refractivity contribution in [1.29, 1.82) is 0 Å². The van der Waals surface area contributed by atoms with Crippen molar-refractivity contribution < 1.29 is 27.5 Å². The smallest absolute Gasteiger partial charge is 0.406 e. The lowest BCUT2D eigenvalue weighted by molar-refractivity contribution is -0.274. The molecule has 2 atom stereocenters. The lowest BCUT2D eigenvalue weighted by Gasteiger charge is -2.42. The van der Waals surface area contributed by atoms with E-state index in [2.05, 4.69) is 29.8 Å². The summed E-state index contributed by atoms with van der Waals surface area (Å²) >= 11 is 0. The fraction of sp³-hybridized carbons (Fsp3) is 0.471. The van der Waals surface area contributed by atoms with Gasteiger partial charge in [0, 0.05) is 50.4 Å². The number of nitrogens with zero attached hydrogens (tertiary/aromatic N) is 5. The summed E-state index contributed by atoms with van der Waals surface area (Å²) in [5.74, 6) is -1.95. The van der Waals surface area contributed by atoms with Gasteiger partial charge in [0.2, 0.25) is 0 Å². The zero-order valence-electron chi connectivity index (χ0n) is 26.1. The highest BCUT2D eigenvalue weighted by molar-refractivity contribution is 6.24. The molecule has 5 heterocycles. The molecule has 3 aliphatic rings. The molecule has 46 heavy (non-hydrogen) atoms. The van der Waals surface area contributed by atoms with E-state index in [0.29, 0.717) is 0 Å². The van der Waals surface area contributed by atoms with E-state index in [0.717, 1.165) is 104 Å². The third-order valence-electron chi connectivity index (χ3n) is 9.76. The van der Waals surface area contributed by atoms with E-state index in [4.69, 9.17) is 0 Å². The number of anilines is 3. The quantitative estimate of drug-likeness (QED) is 0.273. The van der Waals surface area contributed by atoms with Gasteiger partial charge in [0.15, 0.2) is 0 Å². The van der Waals surface area contributed by atoms with Crippen molar-refractivity contribution in [2.24, 2.45) is 0 Å². The molecule has 3 fully saturated rings. The number of imide groups is 1. The van der Waals surface area contributed by atoms with Gasteiger partial charge < -0.3 is 19.9 Å². The average Bonchev–Trinajstić information content (AvgIpc) is 3.34. The van der Waals surface area contributed by atoms with Gasteiger partial charge in [-0.15, -0.1) is 13.2 Å². The molecule has 3 amide bonds. The van der Waals surface area contributed by atoms with Gasteiger partial charge in [-0.3, -0.25) is 14.8 Å². The minimum Gasteiger partial charge on any atom is -0.406 e. The SMILES string of the molecule is CC(c1ccncc1N1CCCCC1)C1(C(C)c2ccncc2N2CCCCC2)NC(=O)N(c2ccc(OC(F)(F)F)cc2)C1=O. The van der Waals surface area contributed by atoms with Crippen molar-refractivity contribution in [2.45, 2.75) is 76.1 Å². The van der Waals surface area contributed by atoms with Gasteiger partial charge in [0.25, 0.3) is 5.91 Å². The number of carbonyl (C=O) groups is 2. The van der Waals surface area contributed by atoms with Gasteiger partial charge in [0.1, 0.15) is 11.3 Å². The van der Waals surface area contributed by atoms with Crippen LogP contribution in [-0.4, -0.2) is 60.0 Å². The number of nitrogens with one attached hydrogen (secondary N) is 1. The van der Waals surface area contributed by atoms with Gasteiger partial charge in [0.05, 0.1) is 29.5 Å². The Morgan fingerprint density at radius 3 is 1.70 bits per heavy atom. The maximum absolute atomic E-state index is 14.9. The first-order valence-corrected chi connectivity index (χ1v) is 16.0. The highest BCUT2D eigenvalue weighted by Gasteiger charge is 2.59. The van der Waals surface area contributed by atoms with Gasteiger partial charge in [-0.05, 0) is 86.1 Å². The molecule has 244 valence electrons. The number of halogens is 3. The Kier molecular flexibility index (Phi) is 8.80.